The van der Waals surface area contributed by atoms with E-state index in [4.69, 9.17) is 9.47 Å². The van der Waals surface area contributed by atoms with Gasteiger partial charge in [0.25, 0.3) is 0 Å². The molecule has 9 heteroatoms. The molecule has 0 aromatic heterocycles. The van der Waals surface area contributed by atoms with E-state index in [1.807, 2.05) is 0 Å². The third kappa shape index (κ3) is 75.2. The van der Waals surface area contributed by atoms with E-state index in [2.05, 4.69) is 27.7 Å². The molecule has 0 aliphatic heterocycles. The first kappa shape index (κ1) is 84.3. The number of unbranched alkanes of at least 4 members (excludes halogenated alkanes) is 50. The van der Waals surface area contributed by atoms with E-state index in [1.165, 1.54) is 295 Å². The third-order valence-corrected chi connectivity index (χ3v) is 16.7. The fourth-order valence-electron chi connectivity index (χ4n) is 11.3. The van der Waals surface area contributed by atoms with Gasteiger partial charge >= 0.3 is 49.7 Å². The van der Waals surface area contributed by atoms with Crippen LogP contribution < -0.4 is 10.2 Å². The standard InChI is InChI=1S/2C36H70O4.Ca/c2*1-3-5-7-9-11-13-15-17-18-19-21-23-25-27-29-31-36(39)40-34(32-33-35(37)38)30-28-26-24-22-20-16-14-12-10-8-6-4-2;/h2*34H,3-33H2,1-2H3,(H,37,38);/q;;+2/p-2. The quantitative estimate of drug-likeness (QED) is 0.0334. The largest absolute Gasteiger partial charge is 2.00 e. The van der Waals surface area contributed by atoms with Crippen molar-refractivity contribution < 1.29 is 38.9 Å². The van der Waals surface area contributed by atoms with Crippen molar-refractivity contribution >= 4 is 61.6 Å². The molecule has 0 radical (unpaired) electrons. The van der Waals surface area contributed by atoms with Gasteiger partial charge in [-0.15, -0.1) is 0 Å². The van der Waals surface area contributed by atoms with Crippen LogP contribution in [0.2, 0.25) is 0 Å². The molecule has 0 rings (SSSR count). The van der Waals surface area contributed by atoms with Gasteiger partial charge in [-0.3, -0.25) is 9.59 Å². The summed E-state index contributed by atoms with van der Waals surface area (Å²) in [6.45, 7) is 9.07. The van der Waals surface area contributed by atoms with Crippen molar-refractivity contribution in [2.24, 2.45) is 0 Å². The molecule has 0 aliphatic carbocycles. The van der Waals surface area contributed by atoms with Crippen LogP contribution in [0.1, 0.15) is 426 Å². The van der Waals surface area contributed by atoms with E-state index >= 15 is 0 Å². The molecule has 0 fully saturated rings. The maximum Gasteiger partial charge on any atom is 2.00 e. The van der Waals surface area contributed by atoms with Gasteiger partial charge in [-0.2, -0.15) is 0 Å². The Hall–Kier alpha value is -0.860. The minimum Gasteiger partial charge on any atom is -0.550 e. The Bertz CT molecular complexity index is 1170. The number of aliphatic carboxylic acids is 2. The summed E-state index contributed by atoms with van der Waals surface area (Å²) in [5.41, 5.74) is 0. The number of esters is 2. The summed E-state index contributed by atoms with van der Waals surface area (Å²) < 4.78 is 11.4. The Morgan fingerprint density at radius 2 is 0.395 bits per heavy atom. The molecule has 0 spiro atoms. The van der Waals surface area contributed by atoms with Gasteiger partial charge in [-0.1, -0.05) is 349 Å². The van der Waals surface area contributed by atoms with Gasteiger partial charge in [-0.05, 0) is 64.2 Å². The number of carboxylic acid groups (broad SMARTS) is 2. The zero-order valence-electron chi connectivity index (χ0n) is 55.0. The minimum absolute atomic E-state index is 0. The summed E-state index contributed by atoms with van der Waals surface area (Å²) >= 11 is 0. The molecule has 2 atom stereocenters. The van der Waals surface area contributed by atoms with Crippen LogP contribution in [0.5, 0.6) is 0 Å². The van der Waals surface area contributed by atoms with Gasteiger partial charge in [0.2, 0.25) is 0 Å². The zero-order valence-corrected chi connectivity index (χ0v) is 57.2. The smallest absolute Gasteiger partial charge is 0.550 e. The Balaban J connectivity index is -0.00000148. The van der Waals surface area contributed by atoms with Crippen LogP contribution in [0.15, 0.2) is 0 Å². The molecule has 0 N–H and O–H groups in total. The number of rotatable bonds is 66. The van der Waals surface area contributed by atoms with Crippen molar-refractivity contribution in [1.82, 2.24) is 0 Å². The minimum atomic E-state index is -1.06. The van der Waals surface area contributed by atoms with Crippen molar-refractivity contribution in [1.29, 1.82) is 0 Å². The van der Waals surface area contributed by atoms with Gasteiger partial charge in [0, 0.05) is 24.8 Å². The number of ether oxygens (including phenoxy) is 2. The summed E-state index contributed by atoms with van der Waals surface area (Å²) in [5, 5.41) is 21.9. The van der Waals surface area contributed by atoms with Crippen molar-refractivity contribution in [3.8, 4) is 0 Å². The van der Waals surface area contributed by atoms with Crippen LogP contribution in [-0.2, 0) is 28.7 Å². The number of hydrogen-bond donors (Lipinski definition) is 0. The predicted octanol–water partition coefficient (Wildman–Crippen LogP) is 21.2. The van der Waals surface area contributed by atoms with Crippen LogP contribution in [0.3, 0.4) is 0 Å². The Kier molecular flexibility index (Phi) is 76.4. The van der Waals surface area contributed by atoms with E-state index in [9.17, 15) is 29.4 Å². The maximum atomic E-state index is 12.4. The molecule has 8 nitrogen and oxygen atoms in total. The van der Waals surface area contributed by atoms with Crippen molar-refractivity contribution in [2.45, 2.75) is 438 Å². The molecule has 0 saturated carbocycles. The van der Waals surface area contributed by atoms with Gasteiger partial charge in [0.15, 0.2) is 0 Å². The normalized spacial score (nSPS) is 11.9. The summed E-state index contributed by atoms with van der Waals surface area (Å²) in [6.07, 6.45) is 72.8. The number of hydrogen-bond acceptors (Lipinski definition) is 8. The molecular weight excluding hydrogens is 1030 g/mol. The number of carbonyl (C=O) groups excluding carboxylic acids is 4. The van der Waals surface area contributed by atoms with Crippen molar-refractivity contribution in [3.05, 3.63) is 0 Å². The van der Waals surface area contributed by atoms with Crippen LogP contribution in [-0.4, -0.2) is 73.8 Å². The van der Waals surface area contributed by atoms with Gasteiger partial charge in [0.05, 0.1) is 0 Å². The summed E-state index contributed by atoms with van der Waals surface area (Å²) in [5.74, 6) is -2.43. The molecule has 2 unspecified atom stereocenters. The first-order valence-electron chi connectivity index (χ1n) is 36.0. The zero-order chi connectivity index (χ0) is 58.7. The van der Waals surface area contributed by atoms with E-state index in [0.717, 1.165) is 64.2 Å². The average Bonchev–Trinajstić information content (AvgIpc) is 3.44. The molecule has 0 aromatic rings. The van der Waals surface area contributed by atoms with E-state index < -0.39 is 11.9 Å². The second-order valence-corrected chi connectivity index (χ2v) is 24.8. The first-order chi connectivity index (χ1) is 39.2. The number of carbonyl (C=O) groups is 4. The van der Waals surface area contributed by atoms with Gasteiger partial charge in [0.1, 0.15) is 12.2 Å². The molecule has 0 bridgehead atoms. The molecule has 0 saturated heterocycles. The Morgan fingerprint density at radius 3 is 0.568 bits per heavy atom. The molecular formula is C72H138CaO8. The maximum absolute atomic E-state index is 12.4. The van der Waals surface area contributed by atoms with E-state index in [0.29, 0.717) is 25.7 Å². The summed E-state index contributed by atoms with van der Waals surface area (Å²) in [6, 6.07) is 0. The molecule has 0 amide bonds. The monoisotopic (exact) mass is 1170 g/mol. The van der Waals surface area contributed by atoms with E-state index in [-0.39, 0.29) is 74.7 Å². The van der Waals surface area contributed by atoms with Crippen LogP contribution in [0.4, 0.5) is 0 Å². The van der Waals surface area contributed by atoms with Crippen LogP contribution >= 0.6 is 0 Å². The van der Waals surface area contributed by atoms with Crippen molar-refractivity contribution in [3.63, 3.8) is 0 Å². The topological polar surface area (TPSA) is 133 Å². The van der Waals surface area contributed by atoms with Crippen LogP contribution in [0.25, 0.3) is 0 Å². The molecule has 0 heterocycles. The molecule has 476 valence electrons. The summed E-state index contributed by atoms with van der Waals surface area (Å²) in [7, 11) is 0. The number of carboxylic acids is 2. The first-order valence-corrected chi connectivity index (χ1v) is 36.0. The average molecular weight is 1170 g/mol. The van der Waals surface area contributed by atoms with Gasteiger partial charge < -0.3 is 29.3 Å². The molecule has 81 heavy (non-hydrogen) atoms. The van der Waals surface area contributed by atoms with E-state index in [1.54, 1.807) is 0 Å². The molecule has 0 aliphatic rings. The fourth-order valence-corrected chi connectivity index (χ4v) is 11.3. The Morgan fingerprint density at radius 1 is 0.235 bits per heavy atom. The fraction of sp³-hybridized carbons (Fsp3) is 0.944. The Labute approximate surface area is 534 Å². The summed E-state index contributed by atoms with van der Waals surface area (Å²) in [4.78, 5) is 46.6. The second kappa shape index (κ2) is 73.4. The second-order valence-electron chi connectivity index (χ2n) is 24.8. The van der Waals surface area contributed by atoms with Crippen LogP contribution in [0, 0.1) is 0 Å². The predicted molar refractivity (Wildman–Crippen MR) is 344 cm³/mol. The van der Waals surface area contributed by atoms with Gasteiger partial charge in [-0.25, -0.2) is 0 Å². The SMILES string of the molecule is CCCCCCCCCCCCCCCCCC(=O)OC(CCCCCCCCCCCCCC)CCC(=O)[O-].CCCCCCCCCCCCCCCCCC(=O)OC(CCCCCCCCCCCCCC)CCC(=O)[O-].[Ca+2]. The third-order valence-electron chi connectivity index (χ3n) is 16.7. The van der Waals surface area contributed by atoms with Crippen molar-refractivity contribution in [2.75, 3.05) is 0 Å². The molecule has 0 aromatic carbocycles.